The summed E-state index contributed by atoms with van der Waals surface area (Å²) in [5, 5.41) is 20.3. The van der Waals surface area contributed by atoms with Crippen molar-refractivity contribution < 1.29 is 43.3 Å². The largest absolute Gasteiger partial charge is 0.445 e. The van der Waals surface area contributed by atoms with Crippen molar-refractivity contribution in [3.63, 3.8) is 0 Å². The lowest BCUT2D eigenvalue weighted by Crippen LogP contribution is -2.60. The number of benzene rings is 2. The van der Waals surface area contributed by atoms with Gasteiger partial charge in [0, 0.05) is 47.6 Å². The van der Waals surface area contributed by atoms with E-state index in [0.717, 1.165) is 35.0 Å². The van der Waals surface area contributed by atoms with Crippen LogP contribution in [-0.2, 0) is 40.0 Å². The fourth-order valence-electron chi connectivity index (χ4n) is 9.24. The highest BCUT2D eigenvalue weighted by atomic mass is 31.0. The van der Waals surface area contributed by atoms with Gasteiger partial charge in [0.25, 0.3) is 0 Å². The molecule has 67 heavy (non-hydrogen) atoms. The van der Waals surface area contributed by atoms with E-state index in [0.29, 0.717) is 25.3 Å². The van der Waals surface area contributed by atoms with Crippen LogP contribution in [0.15, 0.2) is 48.5 Å². The quantitative estimate of drug-likeness (QED) is 0.0793. The topological polar surface area (TPSA) is 179 Å². The Hall–Kier alpha value is -4.30. The van der Waals surface area contributed by atoms with E-state index >= 15 is 0 Å². The van der Waals surface area contributed by atoms with Gasteiger partial charge in [-0.05, 0) is 78.4 Å². The molecule has 0 spiro atoms. The van der Waals surface area contributed by atoms with Crippen LogP contribution in [0.3, 0.4) is 0 Å². The van der Waals surface area contributed by atoms with Crippen LogP contribution in [0.25, 0.3) is 0 Å². The number of likely N-dealkylation sites (N-methyl/N-ethyl adjacent to an activating group) is 2. The van der Waals surface area contributed by atoms with Gasteiger partial charge in [0.1, 0.15) is 18.7 Å². The summed E-state index contributed by atoms with van der Waals surface area (Å²) in [6.45, 7) is 17.6. The minimum absolute atomic E-state index is 0.0268. The molecular formula is C51H83N6O9P. The minimum Gasteiger partial charge on any atom is -0.445 e. The lowest BCUT2D eigenvalue weighted by molar-refractivity contribution is -0.148. The maximum Gasteiger partial charge on any atom is 0.410 e. The molecular weight excluding hydrogens is 872 g/mol. The Morgan fingerprint density at radius 3 is 2.06 bits per heavy atom. The predicted molar refractivity (Wildman–Crippen MR) is 267 cm³/mol. The number of carbonyl (C=O) groups is 5. The number of anilines is 1. The molecule has 0 radical (unpaired) electrons. The van der Waals surface area contributed by atoms with Crippen LogP contribution in [0.2, 0.25) is 0 Å². The number of aliphatic hydroxyl groups is 1. The highest BCUT2D eigenvalue weighted by Gasteiger charge is 2.44. The number of hydrogen-bond donors (Lipinski definition) is 4. The van der Waals surface area contributed by atoms with E-state index in [2.05, 4.69) is 32.1 Å². The average Bonchev–Trinajstić information content (AvgIpc) is 3.81. The molecule has 0 aromatic heterocycles. The molecule has 16 heteroatoms. The average molecular weight is 955 g/mol. The Kier molecular flexibility index (Phi) is 23.0. The molecule has 1 saturated heterocycles. The number of aliphatic hydroxyl groups excluding tert-OH is 1. The zero-order chi connectivity index (χ0) is 50.3. The van der Waals surface area contributed by atoms with Crippen molar-refractivity contribution in [2.24, 2.45) is 23.7 Å². The summed E-state index contributed by atoms with van der Waals surface area (Å²) in [5.74, 6) is -2.39. The third-order valence-corrected chi connectivity index (χ3v) is 14.4. The van der Waals surface area contributed by atoms with E-state index in [9.17, 15) is 29.1 Å². The van der Waals surface area contributed by atoms with Crippen LogP contribution in [-0.4, -0.2) is 140 Å². The molecule has 0 bridgehead atoms. The number of amides is 5. The monoisotopic (exact) mass is 955 g/mol. The molecule has 1 aliphatic rings. The zero-order valence-electron chi connectivity index (χ0n) is 42.7. The van der Waals surface area contributed by atoms with Crippen LogP contribution in [0, 0.1) is 23.7 Å². The van der Waals surface area contributed by atoms with Gasteiger partial charge in [-0.15, -0.1) is 9.24 Å². The lowest BCUT2D eigenvalue weighted by atomic mass is 9.89. The molecule has 4 N–H and O–H groups in total. The molecule has 2 aromatic rings. The predicted octanol–water partition coefficient (Wildman–Crippen LogP) is 6.60. The third kappa shape index (κ3) is 15.1. The standard InChI is InChI=1S/C51H83N6O9P/c1-15-32(6)45(55(11)50(62)43(30(2)3)54-49(61)44(31(4)5)56(12)51(63)66-28-36-21-23-39(52-10)24-22-36)41(64-13)27-42(58)57-25-17-20-40(57)47(65-14)34(8)48(60)53-35(9)46(59)38-19-16-18-37(26-38)33(7)29-67/h16,18-19,21-24,26,30-35,40-41,43-47,52,59H,15,17,20,25,27-29,67H2,1-14H3,(H,53,60)(H,54,61)/t32-,33?,34+,35+,40-,41+,43-,44-,45-,46+,47+/m0/s1. The number of methoxy groups -OCH3 is 2. The fourth-order valence-corrected chi connectivity index (χ4v) is 9.51. The van der Waals surface area contributed by atoms with Gasteiger partial charge in [-0.25, -0.2) is 4.79 Å². The first-order chi connectivity index (χ1) is 31.7. The summed E-state index contributed by atoms with van der Waals surface area (Å²) < 4.78 is 17.7. The normalized spacial score (nSPS) is 18.4. The summed E-state index contributed by atoms with van der Waals surface area (Å²) >= 11 is 0. The molecule has 1 aliphatic heterocycles. The Bertz CT molecular complexity index is 1900. The Morgan fingerprint density at radius 2 is 1.51 bits per heavy atom. The second-order valence-corrected chi connectivity index (χ2v) is 19.6. The molecule has 2 aromatic carbocycles. The molecule has 5 amide bonds. The zero-order valence-corrected chi connectivity index (χ0v) is 43.9. The molecule has 0 saturated carbocycles. The van der Waals surface area contributed by atoms with Crippen molar-refractivity contribution in [3.8, 4) is 0 Å². The van der Waals surface area contributed by atoms with Crippen molar-refractivity contribution in [2.75, 3.05) is 53.4 Å². The molecule has 15 nitrogen and oxygen atoms in total. The van der Waals surface area contributed by atoms with E-state index in [4.69, 9.17) is 14.2 Å². The van der Waals surface area contributed by atoms with E-state index in [1.807, 2.05) is 97.1 Å². The molecule has 3 rings (SSSR count). The van der Waals surface area contributed by atoms with Crippen molar-refractivity contribution in [2.45, 2.75) is 149 Å². The van der Waals surface area contributed by atoms with Crippen LogP contribution < -0.4 is 16.0 Å². The number of likely N-dealkylation sites (tertiary alicyclic amines) is 1. The summed E-state index contributed by atoms with van der Waals surface area (Å²) in [6, 6.07) is 11.9. The van der Waals surface area contributed by atoms with Gasteiger partial charge in [-0.2, -0.15) is 0 Å². The van der Waals surface area contributed by atoms with Crippen molar-refractivity contribution in [3.05, 3.63) is 65.2 Å². The lowest BCUT2D eigenvalue weighted by Gasteiger charge is -2.41. The third-order valence-electron chi connectivity index (χ3n) is 13.7. The Balaban J connectivity index is 1.75. The SMILES string of the molecule is CC[C@H](C)[C@@H]([C@@H](CC(=O)N1CCC[C@H]1[C@H](OC)[C@@H](C)C(=O)N[C@H](C)[C@@H](O)c1cccc(C(C)CP)c1)OC)N(C)C(=O)[C@@H](NC(=O)[C@H](C(C)C)N(C)C(=O)OCc1ccc(NC)cc1)C(C)C. The van der Waals surface area contributed by atoms with E-state index in [1.54, 1.807) is 37.8 Å². The van der Waals surface area contributed by atoms with Crippen LogP contribution in [0.4, 0.5) is 10.5 Å². The Labute approximate surface area is 403 Å². The molecule has 2 unspecified atom stereocenters. The van der Waals surface area contributed by atoms with Gasteiger partial charge >= 0.3 is 6.09 Å². The van der Waals surface area contributed by atoms with Gasteiger partial charge in [-0.3, -0.25) is 24.1 Å². The Morgan fingerprint density at radius 1 is 0.866 bits per heavy atom. The van der Waals surface area contributed by atoms with Gasteiger partial charge in [0.05, 0.1) is 48.8 Å². The molecule has 12 atom stereocenters. The second kappa shape index (κ2) is 27.0. The highest BCUT2D eigenvalue weighted by molar-refractivity contribution is 7.16. The summed E-state index contributed by atoms with van der Waals surface area (Å²) in [7, 11) is 10.9. The van der Waals surface area contributed by atoms with Crippen LogP contribution >= 0.6 is 9.24 Å². The summed E-state index contributed by atoms with van der Waals surface area (Å²) in [5.41, 5.74) is 3.56. The number of nitrogens with zero attached hydrogens (tertiary/aromatic N) is 3. The first kappa shape index (κ1) is 57.0. The van der Waals surface area contributed by atoms with Gasteiger partial charge in [0.15, 0.2) is 0 Å². The molecule has 0 aliphatic carbocycles. The van der Waals surface area contributed by atoms with Gasteiger partial charge in [-0.1, -0.05) is 98.2 Å². The van der Waals surface area contributed by atoms with E-state index in [-0.39, 0.29) is 48.5 Å². The molecule has 1 heterocycles. The number of nitrogens with one attached hydrogen (secondary N) is 3. The second-order valence-electron chi connectivity index (χ2n) is 19.2. The van der Waals surface area contributed by atoms with E-state index in [1.165, 1.54) is 19.1 Å². The number of ether oxygens (including phenoxy) is 3. The van der Waals surface area contributed by atoms with Crippen LogP contribution in [0.1, 0.15) is 117 Å². The molecule has 1 fully saturated rings. The first-order valence-corrected chi connectivity index (χ1v) is 24.9. The van der Waals surface area contributed by atoms with Crippen molar-refractivity contribution in [1.29, 1.82) is 0 Å². The maximum atomic E-state index is 14.6. The van der Waals surface area contributed by atoms with Crippen molar-refractivity contribution >= 4 is 44.6 Å². The number of carbonyl (C=O) groups excluding carboxylic acids is 5. The highest BCUT2D eigenvalue weighted by Crippen LogP contribution is 2.31. The maximum absolute atomic E-state index is 14.6. The molecule has 376 valence electrons. The number of hydrogen-bond acceptors (Lipinski definition) is 10. The van der Waals surface area contributed by atoms with Gasteiger partial charge in [0.2, 0.25) is 23.6 Å². The summed E-state index contributed by atoms with van der Waals surface area (Å²) in [6.07, 6.45) is -0.0332. The minimum atomic E-state index is -0.954. The van der Waals surface area contributed by atoms with Gasteiger partial charge < -0.3 is 45.1 Å². The smallest absolute Gasteiger partial charge is 0.410 e. The van der Waals surface area contributed by atoms with Crippen molar-refractivity contribution in [1.82, 2.24) is 25.3 Å². The summed E-state index contributed by atoms with van der Waals surface area (Å²) in [4.78, 5) is 74.8. The van der Waals surface area contributed by atoms with E-state index < -0.39 is 66.4 Å². The van der Waals surface area contributed by atoms with Crippen LogP contribution in [0.5, 0.6) is 0 Å². The fraction of sp³-hybridized carbons (Fsp3) is 0.667. The first-order valence-electron chi connectivity index (χ1n) is 24.0. The number of rotatable bonds is 25.